The number of aromatic nitrogens is 3. The van der Waals surface area contributed by atoms with E-state index in [9.17, 15) is 9.59 Å². The number of carbonyl (C=O) groups excluding carboxylic acids is 1. The molecule has 1 aliphatic rings. The highest BCUT2D eigenvalue weighted by atomic mass is 35.5. The Labute approximate surface area is 156 Å². The molecule has 0 radical (unpaired) electrons. The molecular weight excluding hydrogens is 362 g/mol. The number of carbonyl (C=O) groups is 1. The molecule has 0 aromatic carbocycles. The fourth-order valence-corrected chi connectivity index (χ4v) is 2.92. The van der Waals surface area contributed by atoms with E-state index < -0.39 is 5.91 Å². The van der Waals surface area contributed by atoms with Gasteiger partial charge in [0.1, 0.15) is 17.8 Å². The standard InChI is InChI=1S/C16H21N5O4.ClH/c1-3-24-13-12(15(22)19-11-8-18-25-9-11)20-14(21(2)16(13)23)10-5-4-6-17-7-10;/h8-10,17H,3-7H2,1-2H3,(H,19,22);1H/t10-;/m1./s1. The number of hydrogen-bond acceptors (Lipinski definition) is 7. The Bertz CT molecular complexity index is 800. The topological polar surface area (TPSA) is 111 Å². The van der Waals surface area contributed by atoms with Gasteiger partial charge in [-0.25, -0.2) is 4.98 Å². The summed E-state index contributed by atoms with van der Waals surface area (Å²) in [6, 6.07) is 0. The van der Waals surface area contributed by atoms with Gasteiger partial charge < -0.3 is 19.9 Å². The summed E-state index contributed by atoms with van der Waals surface area (Å²) >= 11 is 0. The third-order valence-corrected chi connectivity index (χ3v) is 4.14. The van der Waals surface area contributed by atoms with Crippen LogP contribution in [0.5, 0.6) is 5.75 Å². The predicted octanol–water partition coefficient (Wildman–Crippen LogP) is 1.31. The molecule has 10 heteroatoms. The number of piperidine rings is 1. The van der Waals surface area contributed by atoms with Crippen LogP contribution in [0.4, 0.5) is 5.69 Å². The molecule has 1 fully saturated rings. The van der Waals surface area contributed by atoms with Gasteiger partial charge in [0.25, 0.3) is 11.5 Å². The molecule has 142 valence electrons. The van der Waals surface area contributed by atoms with Crippen LogP contribution >= 0.6 is 12.4 Å². The minimum atomic E-state index is -0.533. The first-order valence-corrected chi connectivity index (χ1v) is 8.27. The van der Waals surface area contributed by atoms with Crippen molar-refractivity contribution < 1.29 is 14.1 Å². The second-order valence-corrected chi connectivity index (χ2v) is 5.86. The van der Waals surface area contributed by atoms with Crippen molar-refractivity contribution >= 4 is 24.0 Å². The van der Waals surface area contributed by atoms with Crippen LogP contribution < -0.4 is 20.9 Å². The Hall–Kier alpha value is -2.39. The van der Waals surface area contributed by atoms with Gasteiger partial charge in [-0.15, -0.1) is 12.4 Å². The van der Waals surface area contributed by atoms with Gasteiger partial charge >= 0.3 is 0 Å². The molecule has 1 amide bonds. The van der Waals surface area contributed by atoms with Gasteiger partial charge in [0, 0.05) is 19.5 Å². The Morgan fingerprint density at radius 2 is 2.35 bits per heavy atom. The number of anilines is 1. The van der Waals surface area contributed by atoms with E-state index >= 15 is 0 Å². The smallest absolute Gasteiger partial charge is 0.296 e. The highest BCUT2D eigenvalue weighted by Crippen LogP contribution is 2.23. The fraction of sp³-hybridized carbons (Fsp3) is 0.500. The summed E-state index contributed by atoms with van der Waals surface area (Å²) in [6.45, 7) is 3.68. The van der Waals surface area contributed by atoms with E-state index in [0.717, 1.165) is 25.9 Å². The number of halogens is 1. The average Bonchev–Trinajstić information content (AvgIpc) is 3.13. The van der Waals surface area contributed by atoms with Gasteiger partial charge in [0.05, 0.1) is 12.8 Å². The molecule has 9 nitrogen and oxygen atoms in total. The quantitative estimate of drug-likeness (QED) is 0.800. The molecule has 0 saturated carbocycles. The summed E-state index contributed by atoms with van der Waals surface area (Å²) in [6.07, 6.45) is 4.57. The van der Waals surface area contributed by atoms with Gasteiger partial charge in [0.2, 0.25) is 5.75 Å². The van der Waals surface area contributed by atoms with Crippen molar-refractivity contribution in [1.29, 1.82) is 0 Å². The molecule has 0 spiro atoms. The van der Waals surface area contributed by atoms with E-state index in [0.29, 0.717) is 11.5 Å². The lowest BCUT2D eigenvalue weighted by atomic mass is 9.98. The molecule has 1 atom stereocenters. The SMILES string of the molecule is CCOc1c(C(=O)Nc2cnoc2)nc([C@@H]2CCCNC2)n(C)c1=O.Cl. The van der Waals surface area contributed by atoms with Crippen molar-refractivity contribution in [3.05, 3.63) is 34.3 Å². The lowest BCUT2D eigenvalue weighted by Gasteiger charge is -2.24. The second kappa shape index (κ2) is 8.81. The van der Waals surface area contributed by atoms with Crippen molar-refractivity contribution in [3.63, 3.8) is 0 Å². The lowest BCUT2D eigenvalue weighted by Crippen LogP contribution is -2.35. The third kappa shape index (κ3) is 4.05. The third-order valence-electron chi connectivity index (χ3n) is 4.14. The van der Waals surface area contributed by atoms with Crippen LogP contribution in [0.15, 0.2) is 21.8 Å². The van der Waals surface area contributed by atoms with Crippen LogP contribution in [0.3, 0.4) is 0 Å². The predicted molar refractivity (Wildman–Crippen MR) is 97.2 cm³/mol. The van der Waals surface area contributed by atoms with Crippen LogP contribution in [-0.4, -0.2) is 40.3 Å². The number of amides is 1. The van der Waals surface area contributed by atoms with E-state index in [4.69, 9.17) is 9.26 Å². The molecule has 26 heavy (non-hydrogen) atoms. The molecular formula is C16H22ClN5O4. The van der Waals surface area contributed by atoms with Crippen LogP contribution in [0.1, 0.15) is 42.0 Å². The Kier molecular flexibility index (Phi) is 6.76. The van der Waals surface area contributed by atoms with Gasteiger partial charge in [-0.2, -0.15) is 0 Å². The van der Waals surface area contributed by atoms with Crippen molar-refractivity contribution in [2.24, 2.45) is 7.05 Å². The molecule has 2 aromatic heterocycles. The molecule has 2 aromatic rings. The van der Waals surface area contributed by atoms with E-state index in [-0.39, 0.29) is 41.9 Å². The van der Waals surface area contributed by atoms with Crippen molar-refractivity contribution in [3.8, 4) is 5.75 Å². The summed E-state index contributed by atoms with van der Waals surface area (Å²) in [7, 11) is 1.66. The number of ether oxygens (including phenoxy) is 1. The fourth-order valence-electron chi connectivity index (χ4n) is 2.92. The first-order valence-electron chi connectivity index (χ1n) is 8.27. The molecule has 2 N–H and O–H groups in total. The Morgan fingerprint density at radius 1 is 1.54 bits per heavy atom. The highest BCUT2D eigenvalue weighted by molar-refractivity contribution is 6.04. The minimum absolute atomic E-state index is 0. The largest absolute Gasteiger partial charge is 0.486 e. The van der Waals surface area contributed by atoms with Crippen LogP contribution in [0.2, 0.25) is 0 Å². The minimum Gasteiger partial charge on any atom is -0.486 e. The van der Waals surface area contributed by atoms with E-state index in [1.165, 1.54) is 17.0 Å². The van der Waals surface area contributed by atoms with Gasteiger partial charge in [-0.3, -0.25) is 14.2 Å². The number of hydrogen-bond donors (Lipinski definition) is 2. The monoisotopic (exact) mass is 383 g/mol. The molecule has 1 aliphatic heterocycles. The maximum atomic E-state index is 12.7. The number of nitrogens with one attached hydrogen (secondary N) is 2. The summed E-state index contributed by atoms with van der Waals surface area (Å²) in [5, 5.41) is 9.44. The Balaban J connectivity index is 0.00000243. The summed E-state index contributed by atoms with van der Waals surface area (Å²) < 4.78 is 11.6. The molecule has 0 aliphatic carbocycles. The molecule has 3 rings (SSSR count). The van der Waals surface area contributed by atoms with Crippen molar-refractivity contribution in [2.75, 3.05) is 25.0 Å². The molecule has 0 bridgehead atoms. The van der Waals surface area contributed by atoms with Gasteiger partial charge in [0.15, 0.2) is 5.69 Å². The summed E-state index contributed by atoms with van der Waals surface area (Å²) in [5.41, 5.74) is -0.00424. The summed E-state index contributed by atoms with van der Waals surface area (Å²) in [4.78, 5) is 29.8. The van der Waals surface area contributed by atoms with Crippen LogP contribution in [0.25, 0.3) is 0 Å². The van der Waals surface area contributed by atoms with Gasteiger partial charge in [-0.1, -0.05) is 5.16 Å². The van der Waals surface area contributed by atoms with E-state index in [1.54, 1.807) is 14.0 Å². The van der Waals surface area contributed by atoms with Crippen molar-refractivity contribution in [1.82, 2.24) is 20.0 Å². The van der Waals surface area contributed by atoms with Crippen molar-refractivity contribution in [2.45, 2.75) is 25.7 Å². The summed E-state index contributed by atoms with van der Waals surface area (Å²) in [5.74, 6) is 0.0706. The Morgan fingerprint density at radius 3 is 2.96 bits per heavy atom. The molecule has 1 saturated heterocycles. The average molecular weight is 384 g/mol. The normalized spacial score (nSPS) is 16.6. The van der Waals surface area contributed by atoms with Crippen LogP contribution in [-0.2, 0) is 7.05 Å². The van der Waals surface area contributed by atoms with E-state index in [2.05, 4.69) is 20.8 Å². The maximum absolute atomic E-state index is 12.7. The highest BCUT2D eigenvalue weighted by Gasteiger charge is 2.26. The zero-order valence-corrected chi connectivity index (χ0v) is 15.5. The van der Waals surface area contributed by atoms with Gasteiger partial charge in [-0.05, 0) is 26.3 Å². The molecule has 3 heterocycles. The second-order valence-electron chi connectivity index (χ2n) is 5.86. The van der Waals surface area contributed by atoms with E-state index in [1.807, 2.05) is 0 Å². The zero-order chi connectivity index (χ0) is 17.8. The zero-order valence-electron chi connectivity index (χ0n) is 14.7. The molecule has 0 unspecified atom stereocenters. The lowest BCUT2D eigenvalue weighted by molar-refractivity contribution is 0.101. The first kappa shape index (κ1) is 19.9. The van der Waals surface area contributed by atoms with Crippen LogP contribution in [0, 0.1) is 0 Å². The first-order chi connectivity index (χ1) is 12.1. The maximum Gasteiger partial charge on any atom is 0.296 e. The number of rotatable bonds is 5. The number of nitrogens with zero attached hydrogens (tertiary/aromatic N) is 3.